The Morgan fingerprint density at radius 1 is 1.24 bits per heavy atom. The molecule has 1 aliphatic carbocycles. The Bertz CT molecular complexity index is 1160. The number of aryl methyl sites for hydroxylation is 1. The molecule has 0 unspecified atom stereocenters. The second kappa shape index (κ2) is 5.49. The Balaban J connectivity index is 1.75. The van der Waals surface area contributed by atoms with Crippen molar-refractivity contribution in [1.29, 1.82) is 0 Å². The van der Waals surface area contributed by atoms with Crippen molar-refractivity contribution in [1.82, 2.24) is 4.57 Å². The summed E-state index contributed by atoms with van der Waals surface area (Å²) in [6.07, 6.45) is -0.457. The number of esters is 1. The normalized spacial score (nSPS) is 31.0. The first-order valence-corrected chi connectivity index (χ1v) is 10.1. The highest BCUT2D eigenvalue weighted by Crippen LogP contribution is 2.52. The summed E-state index contributed by atoms with van der Waals surface area (Å²) in [6, 6.07) is 3.26. The van der Waals surface area contributed by atoms with Gasteiger partial charge in [0.2, 0.25) is 0 Å². The number of aliphatic hydroxyl groups excluding tert-OH is 1. The number of carbonyl (C=O) groups is 2. The summed E-state index contributed by atoms with van der Waals surface area (Å²) in [5, 5.41) is 22.6. The molecule has 2 aromatic rings. The van der Waals surface area contributed by atoms with Gasteiger partial charge in [-0.1, -0.05) is 0 Å². The van der Waals surface area contributed by atoms with Gasteiger partial charge < -0.3 is 24.3 Å². The SMILES string of the molecule is C[C@H]1O[C@@H]2CC(=O)O[C@@H]2C2=C1C(=O)c1c(O)ccc3c4n(c2c13)[C@H]([C@@H](C)O)CC4. The van der Waals surface area contributed by atoms with Gasteiger partial charge in [-0.15, -0.1) is 0 Å². The van der Waals surface area contributed by atoms with Gasteiger partial charge in [0, 0.05) is 27.6 Å². The monoisotopic (exact) mass is 395 g/mol. The number of hydrogen-bond donors (Lipinski definition) is 2. The first-order valence-electron chi connectivity index (χ1n) is 10.1. The first kappa shape index (κ1) is 17.2. The van der Waals surface area contributed by atoms with Crippen LogP contribution in [0, 0.1) is 0 Å². The van der Waals surface area contributed by atoms with E-state index >= 15 is 0 Å². The van der Waals surface area contributed by atoms with Crippen molar-refractivity contribution in [3.63, 3.8) is 0 Å². The zero-order valence-electron chi connectivity index (χ0n) is 16.1. The fraction of sp³-hybridized carbons (Fsp3) is 0.455. The van der Waals surface area contributed by atoms with E-state index in [9.17, 15) is 19.8 Å². The van der Waals surface area contributed by atoms with Crippen molar-refractivity contribution >= 4 is 28.1 Å². The Morgan fingerprint density at radius 3 is 2.79 bits per heavy atom. The molecule has 0 bridgehead atoms. The van der Waals surface area contributed by atoms with E-state index in [0.717, 1.165) is 29.6 Å². The molecule has 1 saturated heterocycles. The predicted octanol–water partition coefficient (Wildman–Crippen LogP) is 2.27. The lowest BCUT2D eigenvalue weighted by Crippen LogP contribution is -2.41. The minimum atomic E-state index is -0.648. The van der Waals surface area contributed by atoms with Crippen LogP contribution in [0.2, 0.25) is 0 Å². The molecular formula is C22H21NO6. The molecule has 29 heavy (non-hydrogen) atoms. The molecule has 4 aliphatic rings. The van der Waals surface area contributed by atoms with Crippen LogP contribution in [0.5, 0.6) is 5.75 Å². The quantitative estimate of drug-likeness (QED) is 0.719. The van der Waals surface area contributed by atoms with E-state index in [0.29, 0.717) is 16.5 Å². The number of Topliss-reactive ketones (excluding diaryl/α,β-unsaturated/α-hetero) is 1. The summed E-state index contributed by atoms with van der Waals surface area (Å²) >= 11 is 0. The number of aliphatic hydroxyl groups is 1. The van der Waals surface area contributed by atoms with Crippen molar-refractivity contribution in [2.45, 2.75) is 63.6 Å². The van der Waals surface area contributed by atoms with Crippen molar-refractivity contribution in [3.8, 4) is 5.75 Å². The molecule has 150 valence electrons. The maximum absolute atomic E-state index is 13.5. The molecule has 6 rings (SSSR count). The number of phenols is 1. The van der Waals surface area contributed by atoms with Crippen LogP contribution in [0.15, 0.2) is 17.7 Å². The number of aromatic hydroxyl groups is 1. The number of ether oxygens (including phenoxy) is 2. The summed E-state index contributed by atoms with van der Waals surface area (Å²) < 4.78 is 13.7. The van der Waals surface area contributed by atoms with Gasteiger partial charge in [0.05, 0.1) is 35.9 Å². The molecular weight excluding hydrogens is 374 g/mol. The zero-order chi connectivity index (χ0) is 20.2. The van der Waals surface area contributed by atoms with E-state index < -0.39 is 24.4 Å². The van der Waals surface area contributed by atoms with Gasteiger partial charge in [-0.3, -0.25) is 9.59 Å². The molecule has 7 heteroatoms. The molecule has 4 heterocycles. The molecule has 0 saturated carbocycles. The molecule has 0 amide bonds. The van der Waals surface area contributed by atoms with E-state index in [1.54, 1.807) is 19.9 Å². The lowest BCUT2D eigenvalue weighted by atomic mass is 9.79. The van der Waals surface area contributed by atoms with E-state index in [4.69, 9.17) is 9.47 Å². The van der Waals surface area contributed by atoms with Gasteiger partial charge in [0.25, 0.3) is 0 Å². The fourth-order valence-electron chi connectivity index (χ4n) is 5.76. The van der Waals surface area contributed by atoms with Crippen LogP contribution in [0.1, 0.15) is 54.5 Å². The smallest absolute Gasteiger partial charge is 0.309 e. The number of phenolic OH excluding ortho intramolecular Hbond substituents is 1. The Morgan fingerprint density at radius 2 is 2.03 bits per heavy atom. The topological polar surface area (TPSA) is 98.0 Å². The molecule has 1 aromatic heterocycles. The second-order valence-electron chi connectivity index (χ2n) is 8.48. The van der Waals surface area contributed by atoms with Crippen molar-refractivity contribution in [3.05, 3.63) is 34.7 Å². The van der Waals surface area contributed by atoms with Crippen LogP contribution in [-0.4, -0.2) is 50.9 Å². The maximum Gasteiger partial charge on any atom is 0.309 e. The van der Waals surface area contributed by atoms with E-state index in [2.05, 4.69) is 4.57 Å². The van der Waals surface area contributed by atoms with Crippen molar-refractivity contribution < 1.29 is 29.3 Å². The third-order valence-corrected chi connectivity index (χ3v) is 6.88. The standard InChI is InChI=1S/C22H21NO6/c1-8(24)11-4-5-12-10-3-6-13(25)18-17(10)20(23(11)12)19-16(21(18)27)9(2)28-14-7-15(26)29-22(14)19/h3,6,8-9,11,14,22,24-25H,4-5,7H2,1-2H3/t8-,9-,11+,14-,22+/m1/s1. The van der Waals surface area contributed by atoms with E-state index in [1.165, 1.54) is 0 Å². The van der Waals surface area contributed by atoms with Gasteiger partial charge in [0.15, 0.2) is 11.9 Å². The molecule has 0 spiro atoms. The molecule has 2 N–H and O–H groups in total. The number of fused-ring (bicyclic) bond motifs is 6. The highest BCUT2D eigenvalue weighted by Gasteiger charge is 2.51. The molecule has 1 fully saturated rings. The number of rotatable bonds is 1. The van der Waals surface area contributed by atoms with E-state index in [-0.39, 0.29) is 35.5 Å². The Kier molecular flexibility index (Phi) is 3.26. The van der Waals surface area contributed by atoms with Crippen LogP contribution in [-0.2, 0) is 20.7 Å². The second-order valence-corrected chi connectivity index (χ2v) is 8.48. The molecule has 7 nitrogen and oxygen atoms in total. The van der Waals surface area contributed by atoms with Crippen LogP contribution in [0.4, 0.5) is 0 Å². The number of aromatic nitrogens is 1. The van der Waals surface area contributed by atoms with E-state index in [1.807, 2.05) is 6.07 Å². The van der Waals surface area contributed by atoms with Gasteiger partial charge in [-0.2, -0.15) is 0 Å². The van der Waals surface area contributed by atoms with Gasteiger partial charge >= 0.3 is 5.97 Å². The minimum Gasteiger partial charge on any atom is -0.507 e. The van der Waals surface area contributed by atoms with Gasteiger partial charge in [0.1, 0.15) is 11.9 Å². The van der Waals surface area contributed by atoms with Crippen LogP contribution in [0.3, 0.4) is 0 Å². The summed E-state index contributed by atoms with van der Waals surface area (Å²) in [5.74, 6) is -0.681. The Hall–Kier alpha value is -2.64. The third kappa shape index (κ3) is 1.99. The lowest BCUT2D eigenvalue weighted by Gasteiger charge is -2.36. The fourth-order valence-corrected chi connectivity index (χ4v) is 5.76. The molecule has 5 atom stereocenters. The molecule has 1 aromatic carbocycles. The summed E-state index contributed by atoms with van der Waals surface area (Å²) in [6.45, 7) is 3.57. The molecule has 0 radical (unpaired) electrons. The number of carbonyl (C=O) groups excluding carboxylic acids is 2. The highest BCUT2D eigenvalue weighted by molar-refractivity contribution is 6.27. The Labute approximate surface area is 166 Å². The number of hydrogen-bond acceptors (Lipinski definition) is 6. The molecule has 3 aliphatic heterocycles. The summed E-state index contributed by atoms with van der Waals surface area (Å²) in [5.41, 5.74) is 3.24. The predicted molar refractivity (Wildman–Crippen MR) is 103 cm³/mol. The first-order chi connectivity index (χ1) is 13.9. The van der Waals surface area contributed by atoms with Gasteiger partial charge in [-0.25, -0.2) is 0 Å². The van der Waals surface area contributed by atoms with Crippen molar-refractivity contribution in [2.24, 2.45) is 0 Å². The van der Waals surface area contributed by atoms with Crippen LogP contribution >= 0.6 is 0 Å². The number of benzene rings is 1. The lowest BCUT2D eigenvalue weighted by molar-refractivity contribution is -0.140. The minimum absolute atomic E-state index is 0.0640. The average Bonchev–Trinajstić information content (AvgIpc) is 3.32. The van der Waals surface area contributed by atoms with Crippen LogP contribution < -0.4 is 0 Å². The van der Waals surface area contributed by atoms with Crippen LogP contribution in [0.25, 0.3) is 16.3 Å². The highest BCUT2D eigenvalue weighted by atomic mass is 16.6. The number of ketones is 1. The zero-order valence-corrected chi connectivity index (χ0v) is 16.1. The summed E-state index contributed by atoms with van der Waals surface area (Å²) in [7, 11) is 0. The largest absolute Gasteiger partial charge is 0.507 e. The maximum atomic E-state index is 13.5. The third-order valence-electron chi connectivity index (χ3n) is 6.88. The average molecular weight is 395 g/mol. The van der Waals surface area contributed by atoms with Gasteiger partial charge in [-0.05, 0) is 38.8 Å². The number of nitrogens with zero attached hydrogens (tertiary/aromatic N) is 1. The van der Waals surface area contributed by atoms with Crippen molar-refractivity contribution in [2.75, 3.05) is 0 Å². The summed E-state index contributed by atoms with van der Waals surface area (Å²) in [4.78, 5) is 25.5.